The monoisotopic (exact) mass is 363 g/mol. The number of thioether (sulfide) groups is 1. The number of anilines is 1. The Balaban J connectivity index is 1.74. The van der Waals surface area contributed by atoms with E-state index in [1.54, 1.807) is 0 Å². The maximum atomic E-state index is 3.80. The normalized spacial score (nSPS) is 22.4. The van der Waals surface area contributed by atoms with Gasteiger partial charge in [-0.25, -0.2) is 4.99 Å². The van der Waals surface area contributed by atoms with Gasteiger partial charge in [0.15, 0.2) is 5.71 Å². The Morgan fingerprint density at radius 1 is 1.08 bits per heavy atom. The number of allylic oxidation sites excluding steroid dienone is 1. The van der Waals surface area contributed by atoms with Crippen molar-refractivity contribution in [1.82, 2.24) is 0 Å². The number of hydrogen-bond donors (Lipinski definition) is 1. The maximum absolute atomic E-state index is 3.80. The van der Waals surface area contributed by atoms with Crippen molar-refractivity contribution in [3.63, 3.8) is 0 Å². The molecule has 0 spiro atoms. The smallest absolute Gasteiger partial charge is 0.217 e. The minimum absolute atomic E-state index is 0.194. The van der Waals surface area contributed by atoms with E-state index in [1.165, 1.54) is 39.5 Å². The molecule has 1 heterocycles. The predicted octanol–water partition coefficient (Wildman–Crippen LogP) is 4.28. The Kier molecular flexibility index (Phi) is 4.44. The summed E-state index contributed by atoms with van der Waals surface area (Å²) in [6.45, 7) is 4.78. The number of benzene rings is 2. The molecule has 134 valence electrons. The fraction of sp³-hybridized carbons (Fsp3) is 0.348. The maximum Gasteiger partial charge on any atom is 0.217 e. The second-order valence-electron chi connectivity index (χ2n) is 7.99. The van der Waals surface area contributed by atoms with Crippen LogP contribution < -0.4 is 9.89 Å². The molecule has 0 saturated heterocycles. The van der Waals surface area contributed by atoms with Gasteiger partial charge >= 0.3 is 0 Å². The first-order chi connectivity index (χ1) is 12.4. The third-order valence-electron chi connectivity index (χ3n) is 5.52. The molecule has 2 aromatic rings. The van der Waals surface area contributed by atoms with Crippen LogP contribution in [0.1, 0.15) is 32.3 Å². The Labute approximate surface area is 161 Å². The molecule has 1 atom stereocenters. The summed E-state index contributed by atoms with van der Waals surface area (Å²) in [4.78, 5) is 7.29. The molecular formula is C23H27N2S+. The Bertz CT molecular complexity index is 875. The number of para-hydroxylation sites is 1. The summed E-state index contributed by atoms with van der Waals surface area (Å²) in [7, 11) is 4.16. The zero-order chi connectivity index (χ0) is 18.3. The van der Waals surface area contributed by atoms with Gasteiger partial charge in [0, 0.05) is 36.2 Å². The Hall–Kier alpha value is -2.00. The highest BCUT2D eigenvalue weighted by Gasteiger charge is 2.45. The highest BCUT2D eigenvalue weighted by Crippen LogP contribution is 2.47. The summed E-state index contributed by atoms with van der Waals surface area (Å²) in [5, 5.41) is 0. The van der Waals surface area contributed by atoms with Gasteiger partial charge in [-0.1, -0.05) is 24.3 Å². The Morgan fingerprint density at radius 2 is 1.81 bits per heavy atom. The van der Waals surface area contributed by atoms with Gasteiger partial charge in [0.2, 0.25) is 5.69 Å². The lowest BCUT2D eigenvalue weighted by Crippen LogP contribution is -2.68. The average Bonchev–Trinajstić information content (AvgIpc) is 2.95. The first-order valence-corrected chi connectivity index (χ1v) is 10.2. The van der Waals surface area contributed by atoms with Crippen LogP contribution in [0, 0.1) is 5.92 Å². The summed E-state index contributed by atoms with van der Waals surface area (Å²) < 4.78 is 0.194. The van der Waals surface area contributed by atoms with E-state index in [1.807, 2.05) is 11.8 Å². The summed E-state index contributed by atoms with van der Waals surface area (Å²) in [5.74, 6) is 0.562. The molecule has 0 bridgehead atoms. The van der Waals surface area contributed by atoms with Crippen LogP contribution in [0.4, 0.5) is 11.4 Å². The minimum Gasteiger partial charge on any atom is -0.378 e. The van der Waals surface area contributed by atoms with Gasteiger partial charge < -0.3 is 4.90 Å². The first-order valence-electron chi connectivity index (χ1n) is 9.34. The van der Waals surface area contributed by atoms with E-state index < -0.39 is 0 Å². The molecule has 2 aromatic carbocycles. The number of fused-ring (bicyclic) bond motifs is 2. The number of nitrogens with one attached hydrogen (secondary N) is 1. The van der Waals surface area contributed by atoms with E-state index in [2.05, 4.69) is 92.4 Å². The molecule has 1 aliphatic heterocycles. The second-order valence-corrected chi connectivity index (χ2v) is 9.68. The van der Waals surface area contributed by atoms with Gasteiger partial charge in [-0.05, 0) is 56.5 Å². The van der Waals surface area contributed by atoms with Crippen LogP contribution in [0.15, 0.2) is 59.0 Å². The standard InChI is InChI=1S/C23H26N2S/c1-23(2)19-14-11-17(15-16-9-12-18(13-10-16)25(3)4)22(19)24-20-7-5-6-8-21(20)26-23/h5-10,12-13,15,19H,11,14H2,1-4H3/p+1. The fourth-order valence-corrected chi connectivity index (χ4v) is 5.36. The Morgan fingerprint density at radius 3 is 2.54 bits per heavy atom. The van der Waals surface area contributed by atoms with E-state index in [-0.39, 0.29) is 4.75 Å². The molecule has 0 amide bonds. The van der Waals surface area contributed by atoms with Gasteiger partial charge in [0.25, 0.3) is 0 Å². The molecule has 1 fully saturated rings. The van der Waals surface area contributed by atoms with E-state index in [0.29, 0.717) is 5.92 Å². The summed E-state index contributed by atoms with van der Waals surface area (Å²) in [5.41, 5.74) is 6.65. The SMILES string of the molecule is CN(C)c1ccc(C=C2CCC3C2=[NH+]c2ccccc2SC3(C)C)cc1. The van der Waals surface area contributed by atoms with Gasteiger partial charge in [-0.2, -0.15) is 0 Å². The van der Waals surface area contributed by atoms with Crippen molar-refractivity contribution in [3.05, 3.63) is 59.7 Å². The topological polar surface area (TPSA) is 17.2 Å². The van der Waals surface area contributed by atoms with Crippen molar-refractivity contribution in [2.45, 2.75) is 36.3 Å². The molecule has 0 aromatic heterocycles. The molecule has 2 nitrogen and oxygen atoms in total. The summed E-state index contributed by atoms with van der Waals surface area (Å²) in [6.07, 6.45) is 4.74. The zero-order valence-corrected chi connectivity index (χ0v) is 16.9. The largest absolute Gasteiger partial charge is 0.378 e. The van der Waals surface area contributed by atoms with Crippen LogP contribution in [-0.4, -0.2) is 24.6 Å². The molecule has 26 heavy (non-hydrogen) atoms. The number of hydrogen-bond acceptors (Lipinski definition) is 2. The van der Waals surface area contributed by atoms with E-state index in [4.69, 9.17) is 0 Å². The van der Waals surface area contributed by atoms with Crippen molar-refractivity contribution in [3.8, 4) is 0 Å². The molecule has 2 aliphatic rings. The fourth-order valence-electron chi connectivity index (χ4n) is 4.04. The van der Waals surface area contributed by atoms with Crippen LogP contribution in [-0.2, 0) is 0 Å². The molecule has 1 saturated carbocycles. The number of nitrogens with zero attached hydrogens (tertiary/aromatic N) is 1. The molecular weight excluding hydrogens is 336 g/mol. The van der Waals surface area contributed by atoms with Crippen molar-refractivity contribution >= 4 is 34.9 Å². The highest BCUT2D eigenvalue weighted by atomic mass is 32.2. The van der Waals surface area contributed by atoms with Crippen molar-refractivity contribution in [2.75, 3.05) is 19.0 Å². The molecule has 4 rings (SSSR count). The van der Waals surface area contributed by atoms with E-state index in [0.717, 1.165) is 6.42 Å². The summed E-state index contributed by atoms with van der Waals surface area (Å²) >= 11 is 2.01. The van der Waals surface area contributed by atoms with Crippen molar-refractivity contribution < 1.29 is 4.99 Å². The van der Waals surface area contributed by atoms with E-state index >= 15 is 0 Å². The number of rotatable bonds is 2. The van der Waals surface area contributed by atoms with Gasteiger partial charge in [-0.3, -0.25) is 0 Å². The molecule has 1 unspecified atom stereocenters. The van der Waals surface area contributed by atoms with Gasteiger partial charge in [-0.15, -0.1) is 11.8 Å². The second kappa shape index (κ2) is 6.62. The van der Waals surface area contributed by atoms with Crippen molar-refractivity contribution in [2.24, 2.45) is 5.92 Å². The molecule has 1 N–H and O–H groups in total. The highest BCUT2D eigenvalue weighted by molar-refractivity contribution is 8.00. The van der Waals surface area contributed by atoms with Crippen LogP contribution >= 0.6 is 11.8 Å². The third-order valence-corrected chi connectivity index (χ3v) is 6.90. The quantitative estimate of drug-likeness (QED) is 0.858. The van der Waals surface area contributed by atoms with Gasteiger partial charge in [0.05, 0.1) is 10.8 Å². The predicted molar refractivity (Wildman–Crippen MR) is 113 cm³/mol. The third kappa shape index (κ3) is 3.21. The van der Waals surface area contributed by atoms with Crippen LogP contribution in [0.5, 0.6) is 0 Å². The van der Waals surface area contributed by atoms with Crippen molar-refractivity contribution in [1.29, 1.82) is 0 Å². The lowest BCUT2D eigenvalue weighted by atomic mass is 9.91. The molecule has 3 heteroatoms. The van der Waals surface area contributed by atoms with Gasteiger partial charge in [0.1, 0.15) is 0 Å². The summed E-state index contributed by atoms with van der Waals surface area (Å²) in [6, 6.07) is 17.5. The van der Waals surface area contributed by atoms with Crippen LogP contribution in [0.3, 0.4) is 0 Å². The van der Waals surface area contributed by atoms with E-state index in [9.17, 15) is 0 Å². The van der Waals surface area contributed by atoms with Crippen LogP contribution in [0.2, 0.25) is 0 Å². The molecule has 1 aliphatic carbocycles. The zero-order valence-electron chi connectivity index (χ0n) is 16.0. The van der Waals surface area contributed by atoms with Crippen LogP contribution in [0.25, 0.3) is 6.08 Å². The lowest BCUT2D eigenvalue weighted by molar-refractivity contribution is -0.358. The first kappa shape index (κ1) is 17.4. The average molecular weight is 364 g/mol. The lowest BCUT2D eigenvalue weighted by Gasteiger charge is -2.27. The molecule has 0 radical (unpaired) electrons. The minimum atomic E-state index is 0.194.